The van der Waals surface area contributed by atoms with Gasteiger partial charge < -0.3 is 15.4 Å². The molecule has 1 amide bonds. The maximum absolute atomic E-state index is 11.5. The Morgan fingerprint density at radius 2 is 1.81 bits per heavy atom. The Labute approximate surface area is 125 Å². The second kappa shape index (κ2) is 7.45. The Morgan fingerprint density at radius 1 is 1.10 bits per heavy atom. The third kappa shape index (κ3) is 4.07. The fourth-order valence-corrected chi connectivity index (χ4v) is 2.09. The summed E-state index contributed by atoms with van der Waals surface area (Å²) in [6.07, 6.45) is 0. The zero-order valence-corrected chi connectivity index (χ0v) is 12.3. The van der Waals surface area contributed by atoms with Crippen LogP contribution in [0.2, 0.25) is 0 Å². The number of methoxy groups -OCH3 is 1. The van der Waals surface area contributed by atoms with E-state index in [1.165, 1.54) is 0 Å². The van der Waals surface area contributed by atoms with E-state index in [0.29, 0.717) is 18.7 Å². The summed E-state index contributed by atoms with van der Waals surface area (Å²) < 4.78 is 5.19. The number of nitrogens with one attached hydrogen (secondary N) is 2. The first-order valence-electron chi connectivity index (χ1n) is 6.86. The van der Waals surface area contributed by atoms with Crippen molar-refractivity contribution in [3.63, 3.8) is 0 Å². The Bertz CT molecular complexity index is 594. The molecule has 2 aromatic rings. The summed E-state index contributed by atoms with van der Waals surface area (Å²) in [5.74, 6) is -0.0695. The van der Waals surface area contributed by atoms with Crippen LogP contribution in [-0.4, -0.2) is 20.1 Å². The van der Waals surface area contributed by atoms with Crippen LogP contribution in [0.25, 0.3) is 0 Å². The van der Waals surface area contributed by atoms with Gasteiger partial charge in [0.15, 0.2) is 0 Å². The molecule has 4 heteroatoms. The lowest BCUT2D eigenvalue weighted by molar-refractivity contribution is 0.0963. The van der Waals surface area contributed by atoms with Crippen molar-refractivity contribution in [2.45, 2.75) is 13.2 Å². The van der Waals surface area contributed by atoms with Crippen molar-refractivity contribution in [2.24, 2.45) is 0 Å². The third-order valence-corrected chi connectivity index (χ3v) is 3.24. The van der Waals surface area contributed by atoms with Gasteiger partial charge in [0.25, 0.3) is 5.91 Å². The van der Waals surface area contributed by atoms with Crippen LogP contribution in [0.5, 0.6) is 0 Å². The molecule has 0 spiro atoms. The number of hydrogen-bond donors (Lipinski definition) is 2. The predicted molar refractivity (Wildman–Crippen MR) is 84.3 cm³/mol. The van der Waals surface area contributed by atoms with Gasteiger partial charge in [-0.1, -0.05) is 30.3 Å². The maximum atomic E-state index is 11.5. The van der Waals surface area contributed by atoms with Crippen LogP contribution in [0.1, 0.15) is 21.5 Å². The van der Waals surface area contributed by atoms with E-state index in [2.05, 4.69) is 10.6 Å². The van der Waals surface area contributed by atoms with Crippen molar-refractivity contribution < 1.29 is 9.53 Å². The molecule has 0 fully saturated rings. The van der Waals surface area contributed by atoms with Crippen molar-refractivity contribution in [3.05, 3.63) is 65.2 Å². The van der Waals surface area contributed by atoms with Crippen molar-refractivity contribution in [1.82, 2.24) is 5.32 Å². The highest BCUT2D eigenvalue weighted by Crippen LogP contribution is 2.17. The van der Waals surface area contributed by atoms with Gasteiger partial charge >= 0.3 is 0 Å². The summed E-state index contributed by atoms with van der Waals surface area (Å²) in [5, 5.41) is 6.01. The number of rotatable bonds is 6. The molecule has 0 saturated heterocycles. The average Bonchev–Trinajstić information content (AvgIpc) is 2.54. The molecular weight excluding hydrogens is 264 g/mol. The fraction of sp³-hybridized carbons (Fsp3) is 0.235. The largest absolute Gasteiger partial charge is 0.381 e. The molecule has 0 radical (unpaired) electrons. The summed E-state index contributed by atoms with van der Waals surface area (Å²) in [6.45, 7) is 1.29. The lowest BCUT2D eigenvalue weighted by Crippen LogP contribution is -2.17. The van der Waals surface area contributed by atoms with Crippen LogP contribution in [0.15, 0.2) is 48.5 Å². The number of carbonyl (C=O) groups is 1. The van der Waals surface area contributed by atoms with Crippen LogP contribution >= 0.6 is 0 Å². The van der Waals surface area contributed by atoms with Crippen LogP contribution in [0.3, 0.4) is 0 Å². The Kier molecular flexibility index (Phi) is 5.35. The number of benzene rings is 2. The third-order valence-electron chi connectivity index (χ3n) is 3.24. The zero-order valence-electron chi connectivity index (χ0n) is 12.3. The molecule has 0 saturated carbocycles. The number of carbonyl (C=O) groups excluding carboxylic acids is 1. The summed E-state index contributed by atoms with van der Waals surface area (Å²) in [6, 6.07) is 15.6. The molecule has 4 nitrogen and oxygen atoms in total. The molecule has 110 valence electrons. The summed E-state index contributed by atoms with van der Waals surface area (Å²) in [4.78, 5) is 11.5. The maximum Gasteiger partial charge on any atom is 0.251 e. The smallest absolute Gasteiger partial charge is 0.251 e. The van der Waals surface area contributed by atoms with Crippen LogP contribution < -0.4 is 10.6 Å². The minimum absolute atomic E-state index is 0.0695. The van der Waals surface area contributed by atoms with Gasteiger partial charge in [-0.25, -0.2) is 0 Å². The van der Waals surface area contributed by atoms with E-state index >= 15 is 0 Å². The highest BCUT2D eigenvalue weighted by molar-refractivity contribution is 5.93. The predicted octanol–water partition coefficient (Wildman–Crippen LogP) is 2.80. The van der Waals surface area contributed by atoms with Crippen LogP contribution in [-0.2, 0) is 17.9 Å². The molecule has 0 aliphatic carbocycles. The molecule has 2 rings (SSSR count). The molecule has 0 heterocycles. The molecular formula is C17H20N2O2. The van der Waals surface area contributed by atoms with Gasteiger partial charge in [-0.05, 0) is 23.8 Å². The van der Waals surface area contributed by atoms with E-state index < -0.39 is 0 Å². The van der Waals surface area contributed by atoms with Crippen LogP contribution in [0, 0.1) is 0 Å². The van der Waals surface area contributed by atoms with Crippen molar-refractivity contribution in [3.8, 4) is 0 Å². The molecule has 0 aliphatic heterocycles. The molecule has 0 aromatic heterocycles. The number of ether oxygens (including phenoxy) is 1. The molecule has 2 N–H and O–H groups in total. The number of hydrogen-bond acceptors (Lipinski definition) is 3. The van der Waals surface area contributed by atoms with Gasteiger partial charge in [0.05, 0.1) is 6.61 Å². The second-order valence-corrected chi connectivity index (χ2v) is 4.72. The zero-order chi connectivity index (χ0) is 15.1. The molecule has 2 aromatic carbocycles. The van der Waals surface area contributed by atoms with Crippen LogP contribution in [0.4, 0.5) is 5.69 Å². The Hall–Kier alpha value is -2.33. The van der Waals surface area contributed by atoms with Crippen molar-refractivity contribution in [2.75, 3.05) is 19.5 Å². The monoisotopic (exact) mass is 284 g/mol. The summed E-state index contributed by atoms with van der Waals surface area (Å²) >= 11 is 0. The van der Waals surface area contributed by atoms with E-state index in [1.54, 1.807) is 14.2 Å². The van der Waals surface area contributed by atoms with Gasteiger partial charge in [0.2, 0.25) is 0 Å². The minimum atomic E-state index is -0.0695. The quantitative estimate of drug-likeness (QED) is 0.857. The topological polar surface area (TPSA) is 50.4 Å². The molecule has 0 bridgehead atoms. The standard InChI is InChI=1S/C17H20N2O2/c1-18-17(20)14-9-7-13(8-10-14)11-19-16-6-4-3-5-15(16)12-21-2/h3-10,19H,11-12H2,1-2H3,(H,18,20). The molecule has 0 atom stereocenters. The lowest BCUT2D eigenvalue weighted by atomic mass is 10.1. The SMILES string of the molecule is CNC(=O)c1ccc(CNc2ccccc2COC)cc1. The van der Waals surface area contributed by atoms with Gasteiger partial charge in [-0.3, -0.25) is 4.79 Å². The first-order chi connectivity index (χ1) is 10.2. The Morgan fingerprint density at radius 3 is 2.48 bits per heavy atom. The van der Waals surface area contributed by atoms with E-state index in [0.717, 1.165) is 16.8 Å². The highest BCUT2D eigenvalue weighted by atomic mass is 16.5. The van der Waals surface area contributed by atoms with E-state index in [1.807, 2.05) is 48.5 Å². The first-order valence-corrected chi connectivity index (χ1v) is 6.86. The number of para-hydroxylation sites is 1. The summed E-state index contributed by atoms with van der Waals surface area (Å²) in [7, 11) is 3.32. The van der Waals surface area contributed by atoms with Gasteiger partial charge in [-0.15, -0.1) is 0 Å². The van der Waals surface area contributed by atoms with Gasteiger partial charge in [0.1, 0.15) is 0 Å². The van der Waals surface area contributed by atoms with E-state index in [9.17, 15) is 4.79 Å². The first kappa shape index (κ1) is 15.1. The van der Waals surface area contributed by atoms with Gasteiger partial charge in [-0.2, -0.15) is 0 Å². The average molecular weight is 284 g/mol. The second-order valence-electron chi connectivity index (χ2n) is 4.72. The molecule has 0 aliphatic rings. The number of anilines is 1. The van der Waals surface area contributed by atoms with Gasteiger partial charge in [0, 0.05) is 37.5 Å². The lowest BCUT2D eigenvalue weighted by Gasteiger charge is -2.11. The number of amides is 1. The minimum Gasteiger partial charge on any atom is -0.381 e. The normalized spacial score (nSPS) is 10.2. The van der Waals surface area contributed by atoms with Crippen molar-refractivity contribution >= 4 is 11.6 Å². The molecule has 21 heavy (non-hydrogen) atoms. The van der Waals surface area contributed by atoms with E-state index in [4.69, 9.17) is 4.74 Å². The highest BCUT2D eigenvalue weighted by Gasteiger charge is 2.03. The Balaban J connectivity index is 2.01. The van der Waals surface area contributed by atoms with E-state index in [-0.39, 0.29) is 5.91 Å². The fourth-order valence-electron chi connectivity index (χ4n) is 2.09. The molecule has 0 unspecified atom stereocenters. The van der Waals surface area contributed by atoms with Crippen molar-refractivity contribution in [1.29, 1.82) is 0 Å². The summed E-state index contributed by atoms with van der Waals surface area (Å²) in [5.41, 5.74) is 3.98.